The van der Waals surface area contributed by atoms with Crippen molar-refractivity contribution in [1.29, 1.82) is 0 Å². The van der Waals surface area contributed by atoms with Crippen molar-refractivity contribution in [3.63, 3.8) is 0 Å². The van der Waals surface area contributed by atoms with Crippen LogP contribution in [0.4, 0.5) is 0 Å². The molecule has 1 heterocycles. The lowest BCUT2D eigenvalue weighted by Crippen LogP contribution is -2.39. The Hall–Kier alpha value is -1.06. The minimum absolute atomic E-state index is 0.169. The van der Waals surface area contributed by atoms with Crippen LogP contribution < -0.4 is 5.73 Å². The van der Waals surface area contributed by atoms with Crippen molar-refractivity contribution < 1.29 is 4.79 Å². The molecule has 0 aromatic heterocycles. The van der Waals surface area contributed by atoms with Gasteiger partial charge in [-0.15, -0.1) is 0 Å². The molecule has 1 aliphatic heterocycles. The van der Waals surface area contributed by atoms with Crippen LogP contribution in [-0.2, 0) is 10.2 Å². The van der Waals surface area contributed by atoms with Crippen molar-refractivity contribution in [2.45, 2.75) is 37.1 Å². The van der Waals surface area contributed by atoms with Crippen molar-refractivity contribution in [1.82, 2.24) is 4.90 Å². The standard InChI is InChI=1S/C17H21ClN2O/c18-13-5-3-12(4-6-13)17(7-8-17)16(21)20-9-14(11-1-2-11)15(19)10-20/h3-6,11,14-15H,1-2,7-10,19H2/t14-,15+/m0/s1. The van der Waals surface area contributed by atoms with Gasteiger partial charge in [-0.3, -0.25) is 4.79 Å². The number of hydrogen-bond acceptors (Lipinski definition) is 2. The quantitative estimate of drug-likeness (QED) is 0.933. The summed E-state index contributed by atoms with van der Waals surface area (Å²) in [6, 6.07) is 7.94. The van der Waals surface area contributed by atoms with E-state index in [1.165, 1.54) is 12.8 Å². The fourth-order valence-corrected chi connectivity index (χ4v) is 3.99. The SMILES string of the molecule is N[C@@H]1CN(C(=O)C2(c3ccc(Cl)cc3)CC2)C[C@H]1C1CC1. The molecule has 0 unspecified atom stereocenters. The molecule has 1 aromatic rings. The molecule has 4 rings (SSSR count). The second-order valence-electron chi connectivity index (χ2n) is 6.96. The summed E-state index contributed by atoms with van der Waals surface area (Å²) in [4.78, 5) is 15.0. The zero-order chi connectivity index (χ0) is 14.6. The molecule has 112 valence electrons. The van der Waals surface area contributed by atoms with Gasteiger partial charge in [0.25, 0.3) is 0 Å². The van der Waals surface area contributed by atoms with E-state index in [-0.39, 0.29) is 17.4 Å². The Kier molecular flexibility index (Phi) is 3.05. The molecule has 0 radical (unpaired) electrons. The number of nitrogens with zero attached hydrogens (tertiary/aromatic N) is 1. The van der Waals surface area contributed by atoms with Gasteiger partial charge in [0.15, 0.2) is 0 Å². The Morgan fingerprint density at radius 1 is 1.19 bits per heavy atom. The lowest BCUT2D eigenvalue weighted by Gasteiger charge is -2.23. The third-order valence-electron chi connectivity index (χ3n) is 5.48. The Balaban J connectivity index is 1.53. The molecule has 2 N–H and O–H groups in total. The van der Waals surface area contributed by atoms with E-state index in [1.807, 2.05) is 29.2 Å². The molecule has 1 amide bonds. The van der Waals surface area contributed by atoms with E-state index in [0.717, 1.165) is 42.4 Å². The Labute approximate surface area is 130 Å². The van der Waals surface area contributed by atoms with Gasteiger partial charge in [0.1, 0.15) is 0 Å². The highest BCUT2D eigenvalue weighted by Gasteiger charge is 2.55. The van der Waals surface area contributed by atoms with Gasteiger partial charge in [-0.05, 0) is 55.2 Å². The number of nitrogens with two attached hydrogens (primary N) is 1. The monoisotopic (exact) mass is 304 g/mol. The molecule has 1 aromatic carbocycles. The summed E-state index contributed by atoms with van der Waals surface area (Å²) in [5.41, 5.74) is 7.08. The fourth-order valence-electron chi connectivity index (χ4n) is 3.87. The summed E-state index contributed by atoms with van der Waals surface area (Å²) in [5.74, 6) is 1.57. The maximum Gasteiger partial charge on any atom is 0.233 e. The highest BCUT2D eigenvalue weighted by molar-refractivity contribution is 6.30. The normalized spacial score (nSPS) is 30.5. The van der Waals surface area contributed by atoms with Crippen molar-refractivity contribution >= 4 is 17.5 Å². The topological polar surface area (TPSA) is 46.3 Å². The van der Waals surface area contributed by atoms with Gasteiger partial charge >= 0.3 is 0 Å². The van der Waals surface area contributed by atoms with E-state index in [2.05, 4.69) is 0 Å². The van der Waals surface area contributed by atoms with E-state index in [0.29, 0.717) is 5.92 Å². The number of carbonyl (C=O) groups is 1. The Bertz CT molecular complexity index is 563. The van der Waals surface area contributed by atoms with Crippen LogP contribution >= 0.6 is 11.6 Å². The van der Waals surface area contributed by atoms with E-state index >= 15 is 0 Å². The molecule has 3 nitrogen and oxygen atoms in total. The summed E-state index contributed by atoms with van der Waals surface area (Å²) in [6.07, 6.45) is 4.49. The van der Waals surface area contributed by atoms with E-state index in [1.54, 1.807) is 0 Å². The number of likely N-dealkylation sites (tertiary alicyclic amines) is 1. The molecule has 0 spiro atoms. The highest BCUT2D eigenvalue weighted by atomic mass is 35.5. The maximum absolute atomic E-state index is 13.0. The lowest BCUT2D eigenvalue weighted by molar-refractivity contribution is -0.133. The lowest BCUT2D eigenvalue weighted by atomic mass is 9.94. The smallest absolute Gasteiger partial charge is 0.233 e. The van der Waals surface area contributed by atoms with E-state index < -0.39 is 0 Å². The molecule has 3 aliphatic rings. The number of rotatable bonds is 3. The molecule has 2 aliphatic carbocycles. The van der Waals surface area contributed by atoms with Crippen LogP contribution in [0.1, 0.15) is 31.2 Å². The van der Waals surface area contributed by atoms with Gasteiger partial charge in [-0.25, -0.2) is 0 Å². The first-order chi connectivity index (χ1) is 10.1. The number of amides is 1. The van der Waals surface area contributed by atoms with Crippen LogP contribution in [0.3, 0.4) is 0 Å². The predicted molar refractivity (Wildman–Crippen MR) is 83.1 cm³/mol. The summed E-state index contributed by atoms with van der Waals surface area (Å²) >= 11 is 5.96. The Morgan fingerprint density at radius 3 is 2.43 bits per heavy atom. The zero-order valence-corrected chi connectivity index (χ0v) is 12.9. The van der Waals surface area contributed by atoms with Crippen LogP contribution in [0.5, 0.6) is 0 Å². The number of hydrogen-bond donors (Lipinski definition) is 1. The third kappa shape index (κ3) is 2.27. The first-order valence-electron chi connectivity index (χ1n) is 7.91. The molecule has 0 bridgehead atoms. The number of benzene rings is 1. The van der Waals surface area contributed by atoms with Gasteiger partial charge in [0.2, 0.25) is 5.91 Å². The Morgan fingerprint density at radius 2 is 1.86 bits per heavy atom. The summed E-state index contributed by atoms with van der Waals surface area (Å²) in [6.45, 7) is 1.59. The molecular weight excluding hydrogens is 284 g/mol. The van der Waals surface area contributed by atoms with E-state index in [4.69, 9.17) is 17.3 Å². The fraction of sp³-hybridized carbons (Fsp3) is 0.588. The first kappa shape index (κ1) is 13.6. The van der Waals surface area contributed by atoms with Crippen LogP contribution in [0, 0.1) is 11.8 Å². The van der Waals surface area contributed by atoms with Crippen LogP contribution in [0.2, 0.25) is 5.02 Å². The van der Waals surface area contributed by atoms with Crippen molar-refractivity contribution in [3.05, 3.63) is 34.9 Å². The minimum atomic E-state index is -0.289. The maximum atomic E-state index is 13.0. The summed E-state index contributed by atoms with van der Waals surface area (Å²) in [7, 11) is 0. The number of carbonyl (C=O) groups excluding carboxylic acids is 1. The van der Waals surface area contributed by atoms with Crippen LogP contribution in [0.15, 0.2) is 24.3 Å². The molecule has 2 saturated carbocycles. The second-order valence-corrected chi connectivity index (χ2v) is 7.40. The van der Waals surface area contributed by atoms with Gasteiger partial charge in [0, 0.05) is 24.2 Å². The molecule has 1 saturated heterocycles. The minimum Gasteiger partial charge on any atom is -0.340 e. The third-order valence-corrected chi connectivity index (χ3v) is 5.74. The number of halogens is 1. The van der Waals surface area contributed by atoms with Crippen LogP contribution in [-0.4, -0.2) is 29.9 Å². The van der Waals surface area contributed by atoms with Crippen molar-refractivity contribution in [2.75, 3.05) is 13.1 Å². The van der Waals surface area contributed by atoms with Gasteiger partial charge < -0.3 is 10.6 Å². The molecule has 4 heteroatoms. The predicted octanol–water partition coefficient (Wildman–Crippen LogP) is 2.57. The van der Waals surface area contributed by atoms with Crippen LogP contribution in [0.25, 0.3) is 0 Å². The molecular formula is C17H21ClN2O. The molecule has 2 atom stereocenters. The summed E-state index contributed by atoms with van der Waals surface area (Å²) < 4.78 is 0. The largest absolute Gasteiger partial charge is 0.340 e. The first-order valence-corrected chi connectivity index (χ1v) is 8.29. The zero-order valence-electron chi connectivity index (χ0n) is 12.1. The average molecular weight is 305 g/mol. The van der Waals surface area contributed by atoms with Crippen molar-refractivity contribution in [3.8, 4) is 0 Å². The molecule has 21 heavy (non-hydrogen) atoms. The average Bonchev–Trinajstić information content (AvgIpc) is 3.38. The second kappa shape index (κ2) is 4.72. The van der Waals surface area contributed by atoms with Gasteiger partial charge in [-0.2, -0.15) is 0 Å². The van der Waals surface area contributed by atoms with Gasteiger partial charge in [0.05, 0.1) is 5.41 Å². The summed E-state index contributed by atoms with van der Waals surface area (Å²) in [5, 5.41) is 0.721. The molecule has 3 fully saturated rings. The van der Waals surface area contributed by atoms with Crippen molar-refractivity contribution in [2.24, 2.45) is 17.6 Å². The highest BCUT2D eigenvalue weighted by Crippen LogP contribution is 2.51. The van der Waals surface area contributed by atoms with Gasteiger partial charge in [-0.1, -0.05) is 23.7 Å². The van der Waals surface area contributed by atoms with E-state index in [9.17, 15) is 4.79 Å².